The van der Waals surface area contributed by atoms with Crippen LogP contribution in [-0.4, -0.2) is 35.5 Å². The fraction of sp³-hybridized carbons (Fsp3) is 0.960. The Morgan fingerprint density at radius 1 is 1.07 bits per heavy atom. The number of carboxylic acid groups (broad SMARTS) is 1. The van der Waals surface area contributed by atoms with E-state index in [4.69, 9.17) is 14.9 Å². The van der Waals surface area contributed by atoms with E-state index in [-0.39, 0.29) is 24.0 Å². The van der Waals surface area contributed by atoms with Crippen LogP contribution in [0.3, 0.4) is 0 Å². The van der Waals surface area contributed by atoms with Crippen molar-refractivity contribution < 1.29 is 24.8 Å². The summed E-state index contributed by atoms with van der Waals surface area (Å²) in [6.07, 6.45) is 9.88. The van der Waals surface area contributed by atoms with Crippen LogP contribution in [0.4, 0.5) is 0 Å². The van der Waals surface area contributed by atoms with Crippen molar-refractivity contribution in [1.82, 2.24) is 0 Å². The Bertz CT molecular complexity index is 637. The van der Waals surface area contributed by atoms with Gasteiger partial charge in [0.05, 0.1) is 19.3 Å². The molecule has 0 radical (unpaired) electrons. The van der Waals surface area contributed by atoms with E-state index in [2.05, 4.69) is 20.8 Å². The van der Waals surface area contributed by atoms with Gasteiger partial charge in [0.25, 0.3) is 0 Å². The normalized spacial score (nSPS) is 49.0. The van der Waals surface area contributed by atoms with Gasteiger partial charge in [-0.05, 0) is 104 Å². The Hall–Kier alpha value is -0.650. The van der Waals surface area contributed by atoms with Crippen LogP contribution >= 0.6 is 0 Å². The molecule has 0 heterocycles. The molecule has 5 heteroatoms. The lowest BCUT2D eigenvalue weighted by Gasteiger charge is -2.62. The topological polar surface area (TPSA) is 76.0 Å². The van der Waals surface area contributed by atoms with Crippen LogP contribution in [0.25, 0.3) is 0 Å². The molecule has 4 rings (SSSR count). The molecule has 172 valence electrons. The molecule has 0 spiro atoms. The van der Waals surface area contributed by atoms with E-state index in [1.807, 2.05) is 0 Å². The molecule has 4 aliphatic rings. The summed E-state index contributed by atoms with van der Waals surface area (Å²) >= 11 is 0. The van der Waals surface area contributed by atoms with Crippen LogP contribution in [-0.2, 0) is 14.6 Å². The maximum Gasteiger partial charge on any atom is 0.303 e. The highest BCUT2D eigenvalue weighted by Gasteiger charge is 2.63. The summed E-state index contributed by atoms with van der Waals surface area (Å²) in [5, 5.41) is 19.5. The fourth-order valence-electron chi connectivity index (χ4n) is 8.93. The number of aliphatic hydroxyl groups excluding tert-OH is 1. The number of aliphatic carboxylic acids is 1. The largest absolute Gasteiger partial charge is 0.481 e. The van der Waals surface area contributed by atoms with Crippen molar-refractivity contribution >= 4 is 5.97 Å². The number of carboxylic acids is 1. The van der Waals surface area contributed by atoms with Gasteiger partial charge < -0.3 is 10.2 Å². The second-order valence-corrected chi connectivity index (χ2v) is 11.6. The molecule has 5 nitrogen and oxygen atoms in total. The molecule has 0 aromatic heterocycles. The summed E-state index contributed by atoms with van der Waals surface area (Å²) in [6, 6.07) is 0. The third-order valence-electron chi connectivity index (χ3n) is 10.4. The average Bonchev–Trinajstić information content (AvgIpc) is 3.04. The standard InChI is InChI=1S/C25H42O5/c1-15(5-8-22(27)28)18-6-7-19-23-20(10-12-25(18,19)3)24(2)11-9-17(26)13-16(24)14-21(23)30-29-4/h15-21,23,26H,5-14H2,1-4H3,(H,27,28)/t15-,16+,17-,18-,19+,20+,21?,23+,24+,25-/m1/s1. The Morgan fingerprint density at radius 3 is 2.47 bits per heavy atom. The van der Waals surface area contributed by atoms with E-state index < -0.39 is 5.97 Å². The molecular formula is C25H42O5. The lowest BCUT2D eigenvalue weighted by Crippen LogP contribution is -2.59. The molecule has 0 saturated heterocycles. The van der Waals surface area contributed by atoms with Crippen molar-refractivity contribution in [3.8, 4) is 0 Å². The van der Waals surface area contributed by atoms with Gasteiger partial charge in [0.1, 0.15) is 0 Å². The van der Waals surface area contributed by atoms with Crippen molar-refractivity contribution in [3.63, 3.8) is 0 Å². The third kappa shape index (κ3) is 3.63. The van der Waals surface area contributed by atoms with Crippen LogP contribution in [0.15, 0.2) is 0 Å². The number of fused-ring (bicyclic) bond motifs is 5. The van der Waals surface area contributed by atoms with Crippen LogP contribution in [0.1, 0.15) is 85.0 Å². The first kappa shape index (κ1) is 22.5. The second-order valence-electron chi connectivity index (χ2n) is 11.6. The predicted octanol–water partition coefficient (Wildman–Crippen LogP) is 5.06. The first-order valence-electron chi connectivity index (χ1n) is 12.3. The van der Waals surface area contributed by atoms with Gasteiger partial charge >= 0.3 is 5.97 Å². The highest BCUT2D eigenvalue weighted by Crippen LogP contribution is 2.68. The van der Waals surface area contributed by atoms with Gasteiger partial charge in [0, 0.05) is 6.42 Å². The molecule has 1 unspecified atom stereocenters. The zero-order chi connectivity index (χ0) is 21.7. The molecule has 2 N–H and O–H groups in total. The van der Waals surface area contributed by atoms with Gasteiger partial charge in [-0.1, -0.05) is 20.8 Å². The Morgan fingerprint density at radius 2 is 1.77 bits per heavy atom. The minimum atomic E-state index is -0.676. The fourth-order valence-corrected chi connectivity index (χ4v) is 8.93. The molecular weight excluding hydrogens is 380 g/mol. The molecule has 10 atom stereocenters. The Balaban J connectivity index is 1.59. The Kier molecular flexibility index (Phi) is 6.29. The van der Waals surface area contributed by atoms with E-state index in [1.54, 1.807) is 7.11 Å². The molecule has 30 heavy (non-hydrogen) atoms. The first-order valence-corrected chi connectivity index (χ1v) is 12.3. The van der Waals surface area contributed by atoms with Crippen LogP contribution in [0.2, 0.25) is 0 Å². The van der Waals surface area contributed by atoms with Gasteiger partial charge in [-0.15, -0.1) is 0 Å². The summed E-state index contributed by atoms with van der Waals surface area (Å²) < 4.78 is 0. The summed E-state index contributed by atoms with van der Waals surface area (Å²) in [6.45, 7) is 7.26. The van der Waals surface area contributed by atoms with Gasteiger partial charge in [-0.25, -0.2) is 9.78 Å². The molecule has 0 bridgehead atoms. The lowest BCUT2D eigenvalue weighted by molar-refractivity contribution is -0.345. The van der Waals surface area contributed by atoms with Crippen LogP contribution in [0, 0.1) is 46.3 Å². The Labute approximate surface area is 181 Å². The number of carbonyl (C=O) groups is 1. The van der Waals surface area contributed by atoms with Crippen LogP contribution in [0.5, 0.6) is 0 Å². The molecule has 0 aromatic carbocycles. The molecule has 4 fully saturated rings. The minimum absolute atomic E-state index is 0.112. The zero-order valence-electron chi connectivity index (χ0n) is 19.3. The summed E-state index contributed by atoms with van der Waals surface area (Å²) in [5.41, 5.74) is 0.567. The zero-order valence-corrected chi connectivity index (χ0v) is 19.3. The van der Waals surface area contributed by atoms with Gasteiger partial charge in [-0.3, -0.25) is 4.79 Å². The minimum Gasteiger partial charge on any atom is -0.481 e. The van der Waals surface area contributed by atoms with Crippen LogP contribution < -0.4 is 0 Å². The first-order chi connectivity index (χ1) is 14.2. The molecule has 0 aromatic rings. The number of rotatable bonds is 6. The molecule has 0 amide bonds. The maximum atomic E-state index is 11.1. The number of hydrogen-bond donors (Lipinski definition) is 2. The van der Waals surface area contributed by atoms with E-state index in [1.165, 1.54) is 25.7 Å². The summed E-state index contributed by atoms with van der Waals surface area (Å²) in [4.78, 5) is 22.3. The van der Waals surface area contributed by atoms with Gasteiger partial charge in [0.2, 0.25) is 0 Å². The maximum absolute atomic E-state index is 11.1. The highest BCUT2D eigenvalue weighted by molar-refractivity contribution is 5.66. The quantitative estimate of drug-likeness (QED) is 0.462. The number of hydrogen-bond acceptors (Lipinski definition) is 4. The van der Waals surface area contributed by atoms with E-state index in [0.717, 1.165) is 32.1 Å². The van der Waals surface area contributed by atoms with Gasteiger partial charge in [-0.2, -0.15) is 0 Å². The monoisotopic (exact) mass is 422 g/mol. The third-order valence-corrected chi connectivity index (χ3v) is 10.4. The van der Waals surface area contributed by atoms with E-state index in [9.17, 15) is 9.90 Å². The lowest BCUT2D eigenvalue weighted by atomic mass is 9.43. The van der Waals surface area contributed by atoms with E-state index >= 15 is 0 Å². The van der Waals surface area contributed by atoms with Gasteiger partial charge in [0.15, 0.2) is 0 Å². The van der Waals surface area contributed by atoms with Crippen molar-refractivity contribution in [1.29, 1.82) is 0 Å². The smallest absolute Gasteiger partial charge is 0.303 e. The molecule has 4 aliphatic carbocycles. The van der Waals surface area contributed by atoms with E-state index in [0.29, 0.717) is 40.9 Å². The van der Waals surface area contributed by atoms with Crippen molar-refractivity contribution in [2.24, 2.45) is 46.3 Å². The summed E-state index contributed by atoms with van der Waals surface area (Å²) in [5.74, 6) is 2.66. The molecule has 0 aliphatic heterocycles. The average molecular weight is 423 g/mol. The van der Waals surface area contributed by atoms with Crippen molar-refractivity contribution in [3.05, 3.63) is 0 Å². The highest BCUT2D eigenvalue weighted by atomic mass is 17.2. The summed E-state index contributed by atoms with van der Waals surface area (Å²) in [7, 11) is 1.63. The number of aliphatic hydroxyl groups is 1. The second kappa shape index (κ2) is 8.37. The molecule has 4 saturated carbocycles. The SMILES string of the molecule is COOC1C[C@@H]2C[C@H](O)CC[C@]2(C)[C@H]2CC[C@]3(C)[C@@H]([C@H](C)CCC(=O)O)CC[C@H]3[C@H]12. The van der Waals surface area contributed by atoms with Crippen molar-refractivity contribution in [2.45, 2.75) is 97.2 Å². The predicted molar refractivity (Wildman–Crippen MR) is 115 cm³/mol. The van der Waals surface area contributed by atoms with Crippen molar-refractivity contribution in [2.75, 3.05) is 7.11 Å².